The van der Waals surface area contributed by atoms with Gasteiger partial charge in [-0.05, 0) is 24.7 Å². The van der Waals surface area contributed by atoms with Gasteiger partial charge in [0.25, 0.3) is 5.91 Å². The number of carboxylic acids is 1. The summed E-state index contributed by atoms with van der Waals surface area (Å²) in [6, 6.07) is 5.41. The molecule has 1 aliphatic rings. The molecule has 1 aliphatic heterocycles. The Kier molecular flexibility index (Phi) is 4.69. The first-order valence-electron chi connectivity index (χ1n) is 6.46. The average Bonchev–Trinajstić information content (AvgIpc) is 2.41. The maximum atomic E-state index is 11.6. The second kappa shape index (κ2) is 6.32. The van der Waals surface area contributed by atoms with Gasteiger partial charge >= 0.3 is 5.97 Å². The fourth-order valence-corrected chi connectivity index (χ4v) is 2.53. The molecular weight excluding hydrogens is 296 g/mol. The molecule has 0 aliphatic carbocycles. The Morgan fingerprint density at radius 2 is 2.29 bits per heavy atom. The Balaban J connectivity index is 2.14. The van der Waals surface area contributed by atoms with Crippen LogP contribution in [0.15, 0.2) is 18.2 Å². The lowest BCUT2D eigenvalue weighted by atomic mass is 10.1. The standard InChI is InChI=1S/C14H17ClN2O4/c1-16(7-14(19)20)6-10(15)9-3-4-12-11(5-9)17(2)13(18)8-21-12/h3-5,10H,6-8H2,1-2H3,(H,19,20). The van der Waals surface area contributed by atoms with E-state index in [1.165, 1.54) is 4.90 Å². The number of carbonyl (C=O) groups excluding carboxylic acids is 1. The van der Waals surface area contributed by atoms with Crippen LogP contribution in [0.2, 0.25) is 0 Å². The number of halogens is 1. The quantitative estimate of drug-likeness (QED) is 0.831. The van der Waals surface area contributed by atoms with Gasteiger partial charge in [0.1, 0.15) is 5.75 Å². The van der Waals surface area contributed by atoms with E-state index in [1.54, 1.807) is 31.1 Å². The van der Waals surface area contributed by atoms with Gasteiger partial charge in [-0.3, -0.25) is 14.5 Å². The lowest BCUT2D eigenvalue weighted by Gasteiger charge is -2.27. The number of amides is 1. The second-order valence-electron chi connectivity index (χ2n) is 5.03. The van der Waals surface area contributed by atoms with Gasteiger partial charge in [-0.1, -0.05) is 6.07 Å². The van der Waals surface area contributed by atoms with Crippen LogP contribution in [0.1, 0.15) is 10.9 Å². The van der Waals surface area contributed by atoms with Crippen molar-refractivity contribution in [2.75, 3.05) is 38.7 Å². The van der Waals surface area contributed by atoms with Crippen molar-refractivity contribution in [3.05, 3.63) is 23.8 Å². The first-order chi connectivity index (χ1) is 9.88. The molecule has 114 valence electrons. The molecule has 1 amide bonds. The summed E-state index contributed by atoms with van der Waals surface area (Å²) in [4.78, 5) is 25.4. The maximum absolute atomic E-state index is 11.6. The summed E-state index contributed by atoms with van der Waals surface area (Å²) in [6.45, 7) is 0.356. The van der Waals surface area contributed by atoms with Crippen LogP contribution in [-0.2, 0) is 9.59 Å². The summed E-state index contributed by atoms with van der Waals surface area (Å²) >= 11 is 6.33. The zero-order valence-electron chi connectivity index (χ0n) is 11.9. The van der Waals surface area contributed by atoms with Crippen molar-refractivity contribution in [3.8, 4) is 5.75 Å². The van der Waals surface area contributed by atoms with E-state index in [-0.39, 0.29) is 24.4 Å². The molecule has 21 heavy (non-hydrogen) atoms. The highest BCUT2D eigenvalue weighted by Crippen LogP contribution is 2.35. The van der Waals surface area contributed by atoms with Crippen LogP contribution < -0.4 is 9.64 Å². The van der Waals surface area contributed by atoms with Crippen molar-refractivity contribution in [2.45, 2.75) is 5.38 Å². The number of fused-ring (bicyclic) bond motifs is 1. The van der Waals surface area contributed by atoms with E-state index < -0.39 is 5.97 Å². The summed E-state index contributed by atoms with van der Waals surface area (Å²) in [5, 5.41) is 8.37. The molecule has 0 aromatic heterocycles. The van der Waals surface area contributed by atoms with Crippen LogP contribution in [0, 0.1) is 0 Å². The highest BCUT2D eigenvalue weighted by molar-refractivity contribution is 6.21. The number of carbonyl (C=O) groups is 2. The zero-order valence-corrected chi connectivity index (χ0v) is 12.6. The van der Waals surface area contributed by atoms with Crippen molar-refractivity contribution >= 4 is 29.2 Å². The number of rotatable bonds is 5. The Morgan fingerprint density at radius 1 is 1.57 bits per heavy atom. The molecule has 1 unspecified atom stereocenters. The number of anilines is 1. The van der Waals surface area contributed by atoms with E-state index in [9.17, 15) is 9.59 Å². The molecule has 7 heteroatoms. The predicted molar refractivity (Wildman–Crippen MR) is 79.1 cm³/mol. The molecule has 0 saturated carbocycles. The number of hydrogen-bond donors (Lipinski definition) is 1. The SMILES string of the molecule is CN(CC(=O)O)CC(Cl)c1ccc2c(c1)N(C)C(=O)CO2. The summed E-state index contributed by atoms with van der Waals surface area (Å²) < 4.78 is 5.35. The van der Waals surface area contributed by atoms with E-state index in [4.69, 9.17) is 21.4 Å². The number of carboxylic acid groups (broad SMARTS) is 1. The van der Waals surface area contributed by atoms with Crippen molar-refractivity contribution in [1.82, 2.24) is 4.90 Å². The third kappa shape index (κ3) is 3.65. The molecule has 1 N–H and O–H groups in total. The normalized spacial score (nSPS) is 15.6. The van der Waals surface area contributed by atoms with E-state index in [1.807, 2.05) is 6.07 Å². The first-order valence-corrected chi connectivity index (χ1v) is 6.90. The molecule has 0 fully saturated rings. The Bertz CT molecular complexity index is 564. The molecule has 0 saturated heterocycles. The number of alkyl halides is 1. The molecular formula is C14H17ClN2O4. The number of hydrogen-bond acceptors (Lipinski definition) is 4. The van der Waals surface area contributed by atoms with Crippen molar-refractivity contribution in [2.24, 2.45) is 0 Å². The van der Waals surface area contributed by atoms with Crippen LogP contribution >= 0.6 is 11.6 Å². The van der Waals surface area contributed by atoms with Gasteiger partial charge < -0.3 is 14.7 Å². The topological polar surface area (TPSA) is 70.1 Å². The summed E-state index contributed by atoms with van der Waals surface area (Å²) in [5.41, 5.74) is 1.49. The highest BCUT2D eigenvalue weighted by Gasteiger charge is 2.23. The van der Waals surface area contributed by atoms with Crippen molar-refractivity contribution in [1.29, 1.82) is 0 Å². The minimum atomic E-state index is -0.898. The number of aliphatic carboxylic acids is 1. The van der Waals surface area contributed by atoms with Crippen LogP contribution in [0.3, 0.4) is 0 Å². The highest BCUT2D eigenvalue weighted by atomic mass is 35.5. The predicted octanol–water partition coefficient (Wildman–Crippen LogP) is 1.34. The van der Waals surface area contributed by atoms with Gasteiger partial charge in [-0.25, -0.2) is 0 Å². The molecule has 2 rings (SSSR count). The van der Waals surface area contributed by atoms with Crippen LogP contribution in [0.25, 0.3) is 0 Å². The Hall–Kier alpha value is -1.79. The largest absolute Gasteiger partial charge is 0.482 e. The monoisotopic (exact) mass is 312 g/mol. The van der Waals surface area contributed by atoms with E-state index in [0.29, 0.717) is 18.0 Å². The van der Waals surface area contributed by atoms with Crippen molar-refractivity contribution in [3.63, 3.8) is 0 Å². The first kappa shape index (κ1) is 15.6. The molecule has 1 atom stereocenters. The molecule has 0 radical (unpaired) electrons. The third-order valence-corrected chi connectivity index (χ3v) is 3.70. The summed E-state index contributed by atoms with van der Waals surface area (Å²) in [6.07, 6.45) is 0. The second-order valence-corrected chi connectivity index (χ2v) is 5.55. The van der Waals surface area contributed by atoms with Gasteiger partial charge in [0.05, 0.1) is 17.6 Å². The molecule has 0 bridgehead atoms. The van der Waals surface area contributed by atoms with E-state index in [2.05, 4.69) is 0 Å². The summed E-state index contributed by atoms with van der Waals surface area (Å²) in [5.74, 6) is -0.372. The lowest BCUT2D eigenvalue weighted by Crippen LogP contribution is -2.35. The van der Waals surface area contributed by atoms with Gasteiger partial charge in [0.2, 0.25) is 0 Å². The number of ether oxygens (including phenoxy) is 1. The minimum Gasteiger partial charge on any atom is -0.482 e. The molecule has 6 nitrogen and oxygen atoms in total. The van der Waals surface area contributed by atoms with Gasteiger partial charge in [-0.2, -0.15) is 0 Å². The smallest absolute Gasteiger partial charge is 0.317 e. The fourth-order valence-electron chi connectivity index (χ4n) is 2.16. The molecule has 0 spiro atoms. The van der Waals surface area contributed by atoms with Crippen LogP contribution in [0.4, 0.5) is 5.69 Å². The van der Waals surface area contributed by atoms with E-state index >= 15 is 0 Å². The Morgan fingerprint density at radius 3 is 2.95 bits per heavy atom. The van der Waals surface area contributed by atoms with E-state index in [0.717, 1.165) is 5.56 Å². The summed E-state index contributed by atoms with van der Waals surface area (Å²) in [7, 11) is 3.38. The van der Waals surface area contributed by atoms with Crippen LogP contribution in [-0.4, -0.2) is 55.7 Å². The fraction of sp³-hybridized carbons (Fsp3) is 0.429. The number of benzene rings is 1. The maximum Gasteiger partial charge on any atom is 0.317 e. The number of likely N-dealkylation sites (N-methyl/N-ethyl adjacent to an activating group) is 2. The third-order valence-electron chi connectivity index (χ3n) is 3.31. The van der Waals surface area contributed by atoms with Crippen molar-refractivity contribution < 1.29 is 19.4 Å². The van der Waals surface area contributed by atoms with Gasteiger partial charge in [-0.15, -0.1) is 11.6 Å². The number of nitrogens with zero attached hydrogens (tertiary/aromatic N) is 2. The molecule has 1 heterocycles. The van der Waals surface area contributed by atoms with Crippen LogP contribution in [0.5, 0.6) is 5.75 Å². The molecule has 1 aromatic carbocycles. The molecule has 1 aromatic rings. The van der Waals surface area contributed by atoms with Gasteiger partial charge in [0.15, 0.2) is 6.61 Å². The lowest BCUT2D eigenvalue weighted by molar-refractivity contribution is -0.138. The Labute approximate surface area is 127 Å². The minimum absolute atomic E-state index is 0.0362. The average molecular weight is 313 g/mol. The zero-order chi connectivity index (χ0) is 15.6. The van der Waals surface area contributed by atoms with Gasteiger partial charge in [0, 0.05) is 13.6 Å².